The molecule has 2 aromatic rings. The fourth-order valence-corrected chi connectivity index (χ4v) is 4.22. The highest BCUT2D eigenvalue weighted by Gasteiger charge is 2.23. The first-order valence-corrected chi connectivity index (χ1v) is 11.1. The minimum Gasteiger partial charge on any atom is -0.493 e. The molecule has 168 valence electrons. The minimum atomic E-state index is -0.0359. The molecule has 0 bridgehead atoms. The van der Waals surface area contributed by atoms with Gasteiger partial charge in [0.1, 0.15) is 0 Å². The van der Waals surface area contributed by atoms with Gasteiger partial charge in [0.05, 0.1) is 26.5 Å². The SMILES string of the molecule is COc1ccc(C2=NN(Cc3ccc(C(=O)NC4CCCC4)cc3)C(=O)CC2)cc1OC. The maximum atomic E-state index is 12.5. The lowest BCUT2D eigenvalue weighted by Gasteiger charge is -2.24. The molecule has 0 spiro atoms. The van der Waals surface area contributed by atoms with Crippen LogP contribution in [0.1, 0.15) is 60.0 Å². The topological polar surface area (TPSA) is 80.2 Å². The summed E-state index contributed by atoms with van der Waals surface area (Å²) in [6.45, 7) is 0.361. The molecule has 0 unspecified atom stereocenters. The fourth-order valence-electron chi connectivity index (χ4n) is 4.22. The van der Waals surface area contributed by atoms with Crippen molar-refractivity contribution in [1.82, 2.24) is 10.3 Å². The standard InChI is InChI=1S/C25H29N3O4/c1-31-22-13-11-19(15-23(22)32-2)21-12-14-24(29)28(27-21)16-17-7-9-18(10-8-17)25(30)26-20-5-3-4-6-20/h7-11,13,15,20H,3-6,12,14,16H2,1-2H3,(H,26,30). The molecule has 0 radical (unpaired) electrons. The second kappa shape index (κ2) is 9.85. The van der Waals surface area contributed by atoms with Crippen molar-refractivity contribution in [3.8, 4) is 11.5 Å². The summed E-state index contributed by atoms with van der Waals surface area (Å²) in [6, 6.07) is 13.3. The number of methoxy groups -OCH3 is 2. The zero-order chi connectivity index (χ0) is 22.5. The molecule has 0 atom stereocenters. The van der Waals surface area contributed by atoms with Gasteiger partial charge in [-0.25, -0.2) is 5.01 Å². The Balaban J connectivity index is 1.45. The molecule has 7 heteroatoms. The molecular weight excluding hydrogens is 406 g/mol. The number of hydrazone groups is 1. The Morgan fingerprint density at radius 1 is 1.03 bits per heavy atom. The zero-order valence-corrected chi connectivity index (χ0v) is 18.6. The Morgan fingerprint density at radius 2 is 1.75 bits per heavy atom. The molecule has 2 aromatic carbocycles. The summed E-state index contributed by atoms with van der Waals surface area (Å²) in [5.41, 5.74) is 3.30. The number of benzene rings is 2. The Bertz CT molecular complexity index is 1010. The lowest BCUT2D eigenvalue weighted by atomic mass is 10.0. The number of nitrogens with one attached hydrogen (secondary N) is 1. The van der Waals surface area contributed by atoms with Crippen molar-refractivity contribution in [3.63, 3.8) is 0 Å². The maximum absolute atomic E-state index is 12.5. The average molecular weight is 436 g/mol. The summed E-state index contributed by atoms with van der Waals surface area (Å²) in [5.74, 6) is 1.23. The number of ether oxygens (including phenoxy) is 2. The van der Waals surface area contributed by atoms with Gasteiger partial charge in [0, 0.05) is 30.0 Å². The normalized spacial score (nSPS) is 16.6. The van der Waals surface area contributed by atoms with Crippen molar-refractivity contribution in [1.29, 1.82) is 0 Å². The van der Waals surface area contributed by atoms with Crippen molar-refractivity contribution in [2.24, 2.45) is 5.10 Å². The van der Waals surface area contributed by atoms with Crippen LogP contribution in [-0.2, 0) is 11.3 Å². The molecule has 1 aliphatic heterocycles. The molecule has 1 saturated carbocycles. The van der Waals surface area contributed by atoms with E-state index in [4.69, 9.17) is 9.47 Å². The Hall–Kier alpha value is -3.35. The van der Waals surface area contributed by atoms with Crippen molar-refractivity contribution in [2.45, 2.75) is 51.1 Å². The molecule has 7 nitrogen and oxygen atoms in total. The molecule has 4 rings (SSSR count). The monoisotopic (exact) mass is 435 g/mol. The lowest BCUT2D eigenvalue weighted by molar-refractivity contribution is -0.132. The summed E-state index contributed by atoms with van der Waals surface area (Å²) in [6.07, 6.45) is 5.45. The molecule has 1 N–H and O–H groups in total. The van der Waals surface area contributed by atoms with Crippen LogP contribution in [0.25, 0.3) is 0 Å². The molecule has 0 aromatic heterocycles. The highest BCUT2D eigenvalue weighted by Crippen LogP contribution is 2.29. The van der Waals surface area contributed by atoms with Crippen LogP contribution in [0.2, 0.25) is 0 Å². The molecule has 2 amide bonds. The number of hydrogen-bond donors (Lipinski definition) is 1. The average Bonchev–Trinajstić information content (AvgIpc) is 3.33. The van der Waals surface area contributed by atoms with Gasteiger partial charge in [-0.2, -0.15) is 5.10 Å². The van der Waals surface area contributed by atoms with E-state index in [0.29, 0.717) is 36.4 Å². The van der Waals surface area contributed by atoms with Crippen molar-refractivity contribution < 1.29 is 19.1 Å². The van der Waals surface area contributed by atoms with Crippen molar-refractivity contribution in [2.75, 3.05) is 14.2 Å². The van der Waals surface area contributed by atoms with Crippen LogP contribution in [0.4, 0.5) is 0 Å². The maximum Gasteiger partial charge on any atom is 0.251 e. The summed E-state index contributed by atoms with van der Waals surface area (Å²) in [4.78, 5) is 24.9. The summed E-state index contributed by atoms with van der Waals surface area (Å²) in [5, 5.41) is 9.21. The van der Waals surface area contributed by atoms with Gasteiger partial charge >= 0.3 is 0 Å². The molecule has 1 heterocycles. The van der Waals surface area contributed by atoms with E-state index in [2.05, 4.69) is 10.4 Å². The minimum absolute atomic E-state index is 0.0164. The van der Waals surface area contributed by atoms with E-state index >= 15 is 0 Å². The summed E-state index contributed by atoms with van der Waals surface area (Å²) in [7, 11) is 3.19. The predicted octanol–water partition coefficient (Wildman–Crippen LogP) is 3.90. The van der Waals surface area contributed by atoms with E-state index in [0.717, 1.165) is 29.7 Å². The number of rotatable bonds is 7. The van der Waals surface area contributed by atoms with Crippen LogP contribution in [-0.4, -0.2) is 42.8 Å². The third-order valence-corrected chi connectivity index (χ3v) is 6.06. The van der Waals surface area contributed by atoms with E-state index < -0.39 is 0 Å². The van der Waals surface area contributed by atoms with Crippen LogP contribution in [0.3, 0.4) is 0 Å². The summed E-state index contributed by atoms with van der Waals surface area (Å²) < 4.78 is 10.7. The molecule has 32 heavy (non-hydrogen) atoms. The molecule has 1 fully saturated rings. The van der Waals surface area contributed by atoms with Gasteiger partial charge in [-0.1, -0.05) is 25.0 Å². The Kier molecular flexibility index (Phi) is 6.73. The van der Waals surface area contributed by atoms with Gasteiger partial charge in [-0.3, -0.25) is 9.59 Å². The number of hydrogen-bond acceptors (Lipinski definition) is 5. The van der Waals surface area contributed by atoms with Crippen molar-refractivity contribution >= 4 is 17.5 Å². The third kappa shape index (κ3) is 4.93. The first-order chi connectivity index (χ1) is 15.6. The largest absolute Gasteiger partial charge is 0.493 e. The predicted molar refractivity (Wildman–Crippen MR) is 122 cm³/mol. The van der Waals surface area contributed by atoms with Crippen LogP contribution in [0, 0.1) is 0 Å². The quantitative estimate of drug-likeness (QED) is 0.715. The van der Waals surface area contributed by atoms with Crippen LogP contribution in [0.15, 0.2) is 47.6 Å². The number of amides is 2. The Morgan fingerprint density at radius 3 is 2.44 bits per heavy atom. The van der Waals surface area contributed by atoms with E-state index in [1.165, 1.54) is 17.9 Å². The first kappa shape index (κ1) is 21.9. The third-order valence-electron chi connectivity index (χ3n) is 6.06. The smallest absolute Gasteiger partial charge is 0.251 e. The van der Waals surface area contributed by atoms with Gasteiger partial charge in [0.15, 0.2) is 11.5 Å². The molecule has 0 saturated heterocycles. The first-order valence-electron chi connectivity index (χ1n) is 11.1. The van der Waals surface area contributed by atoms with Crippen molar-refractivity contribution in [3.05, 3.63) is 59.2 Å². The van der Waals surface area contributed by atoms with Crippen LogP contribution < -0.4 is 14.8 Å². The zero-order valence-electron chi connectivity index (χ0n) is 18.6. The number of carbonyl (C=O) groups is 2. The van der Waals surface area contributed by atoms with E-state index in [9.17, 15) is 9.59 Å². The summed E-state index contributed by atoms with van der Waals surface area (Å²) >= 11 is 0. The van der Waals surface area contributed by atoms with Gasteiger partial charge < -0.3 is 14.8 Å². The van der Waals surface area contributed by atoms with E-state index in [-0.39, 0.29) is 17.9 Å². The van der Waals surface area contributed by atoms with Gasteiger partial charge in [0.2, 0.25) is 5.91 Å². The molecule has 1 aliphatic carbocycles. The van der Waals surface area contributed by atoms with E-state index in [1.54, 1.807) is 14.2 Å². The van der Waals surface area contributed by atoms with Gasteiger partial charge in [0.25, 0.3) is 5.91 Å². The number of nitrogens with zero attached hydrogens (tertiary/aromatic N) is 2. The molecular formula is C25H29N3O4. The Labute approximate surface area is 188 Å². The van der Waals surface area contributed by atoms with Crippen LogP contribution >= 0.6 is 0 Å². The fraction of sp³-hybridized carbons (Fsp3) is 0.400. The number of carbonyl (C=O) groups excluding carboxylic acids is 2. The second-order valence-corrected chi connectivity index (χ2v) is 8.22. The highest BCUT2D eigenvalue weighted by molar-refractivity contribution is 6.04. The second-order valence-electron chi connectivity index (χ2n) is 8.22. The lowest BCUT2D eigenvalue weighted by Crippen LogP contribution is -2.32. The van der Waals surface area contributed by atoms with Crippen LogP contribution in [0.5, 0.6) is 11.5 Å². The van der Waals surface area contributed by atoms with E-state index in [1.807, 2.05) is 42.5 Å². The highest BCUT2D eigenvalue weighted by atomic mass is 16.5. The molecule has 2 aliphatic rings. The van der Waals surface area contributed by atoms with Gasteiger partial charge in [-0.15, -0.1) is 0 Å². The van der Waals surface area contributed by atoms with Gasteiger partial charge in [-0.05, 0) is 48.7 Å².